The molecule has 1 aromatic heterocycles. The highest BCUT2D eigenvalue weighted by Crippen LogP contribution is 2.38. The van der Waals surface area contributed by atoms with Crippen molar-refractivity contribution in [2.45, 2.75) is 37.3 Å². The molecule has 1 spiro atoms. The van der Waals surface area contributed by atoms with E-state index in [2.05, 4.69) is 10.1 Å². The lowest BCUT2D eigenvalue weighted by Gasteiger charge is -2.43. The largest absolute Gasteiger partial charge is 0.381 e. The summed E-state index contributed by atoms with van der Waals surface area (Å²) in [5, 5.41) is 12.9. The topological polar surface area (TPSA) is 73.0 Å². The van der Waals surface area contributed by atoms with Crippen molar-refractivity contribution in [3.05, 3.63) is 12.2 Å². The SMILES string of the molecule is N#Cc1ncn(C2CCOC3(CCOCC3)C2)n1. The normalized spacial score (nSPS) is 26.9. The lowest BCUT2D eigenvalue weighted by molar-refractivity contribution is -0.145. The molecular weight excluding hydrogens is 232 g/mol. The van der Waals surface area contributed by atoms with Crippen molar-refractivity contribution in [2.75, 3.05) is 19.8 Å². The lowest BCUT2D eigenvalue weighted by atomic mass is 9.84. The van der Waals surface area contributed by atoms with E-state index in [1.165, 1.54) is 0 Å². The van der Waals surface area contributed by atoms with Crippen molar-refractivity contribution in [1.82, 2.24) is 14.8 Å². The van der Waals surface area contributed by atoms with E-state index in [0.29, 0.717) is 0 Å². The predicted octanol–water partition coefficient (Wildman–Crippen LogP) is 1.05. The summed E-state index contributed by atoms with van der Waals surface area (Å²) in [4.78, 5) is 3.97. The average Bonchev–Trinajstić information content (AvgIpc) is 2.88. The van der Waals surface area contributed by atoms with Crippen molar-refractivity contribution in [1.29, 1.82) is 5.26 Å². The molecule has 3 rings (SSSR count). The summed E-state index contributed by atoms with van der Waals surface area (Å²) in [7, 11) is 0. The Kier molecular flexibility index (Phi) is 3.02. The summed E-state index contributed by atoms with van der Waals surface area (Å²) in [5.41, 5.74) is -0.0556. The highest BCUT2D eigenvalue weighted by molar-refractivity contribution is 5.06. The van der Waals surface area contributed by atoms with E-state index < -0.39 is 0 Å². The number of rotatable bonds is 1. The molecule has 1 aromatic rings. The molecule has 0 bridgehead atoms. The summed E-state index contributed by atoms with van der Waals surface area (Å²) in [6, 6.07) is 2.25. The Labute approximate surface area is 106 Å². The molecule has 0 aliphatic carbocycles. The van der Waals surface area contributed by atoms with Crippen LogP contribution in [0.5, 0.6) is 0 Å². The van der Waals surface area contributed by atoms with Crippen molar-refractivity contribution in [3.8, 4) is 6.07 Å². The van der Waals surface area contributed by atoms with Crippen molar-refractivity contribution in [2.24, 2.45) is 0 Å². The van der Waals surface area contributed by atoms with E-state index in [1.807, 2.05) is 10.8 Å². The van der Waals surface area contributed by atoms with Crippen LogP contribution in [0.3, 0.4) is 0 Å². The Bertz CT molecular complexity index is 453. The Hall–Kier alpha value is -1.45. The molecule has 2 fully saturated rings. The first-order valence-corrected chi connectivity index (χ1v) is 6.34. The summed E-state index contributed by atoms with van der Waals surface area (Å²) in [6.07, 6.45) is 5.41. The summed E-state index contributed by atoms with van der Waals surface area (Å²) in [5.74, 6) is 0.238. The zero-order valence-corrected chi connectivity index (χ0v) is 10.2. The van der Waals surface area contributed by atoms with Crippen molar-refractivity contribution < 1.29 is 9.47 Å². The van der Waals surface area contributed by atoms with Crippen LogP contribution in [-0.2, 0) is 9.47 Å². The van der Waals surface area contributed by atoms with Gasteiger partial charge in [-0.1, -0.05) is 0 Å². The van der Waals surface area contributed by atoms with Gasteiger partial charge in [-0.25, -0.2) is 9.67 Å². The van der Waals surface area contributed by atoms with Crippen LogP contribution in [0.4, 0.5) is 0 Å². The summed E-state index contributed by atoms with van der Waals surface area (Å²) in [6.45, 7) is 2.29. The maximum atomic E-state index is 8.76. The van der Waals surface area contributed by atoms with Crippen LogP contribution >= 0.6 is 0 Å². The molecule has 1 atom stereocenters. The highest BCUT2D eigenvalue weighted by atomic mass is 16.5. The molecule has 0 N–H and O–H groups in total. The quantitative estimate of drug-likeness (QED) is 0.742. The van der Waals surface area contributed by atoms with Crippen LogP contribution in [0.15, 0.2) is 6.33 Å². The first kappa shape index (κ1) is 11.6. The van der Waals surface area contributed by atoms with Gasteiger partial charge in [0.1, 0.15) is 12.4 Å². The van der Waals surface area contributed by atoms with E-state index >= 15 is 0 Å². The second-order valence-electron chi connectivity index (χ2n) is 4.95. The van der Waals surface area contributed by atoms with Gasteiger partial charge in [0.05, 0.1) is 11.6 Å². The van der Waals surface area contributed by atoms with Gasteiger partial charge in [0, 0.05) is 19.8 Å². The van der Waals surface area contributed by atoms with Crippen molar-refractivity contribution in [3.63, 3.8) is 0 Å². The van der Waals surface area contributed by atoms with Gasteiger partial charge in [-0.05, 0) is 25.7 Å². The second kappa shape index (κ2) is 4.67. The Balaban J connectivity index is 1.75. The number of hydrogen-bond acceptors (Lipinski definition) is 5. The first-order valence-electron chi connectivity index (χ1n) is 6.34. The van der Waals surface area contributed by atoms with E-state index in [1.54, 1.807) is 6.33 Å². The zero-order valence-electron chi connectivity index (χ0n) is 10.2. The standard InChI is InChI=1S/C12H16N4O2/c13-8-11-14-9-16(15-11)10-1-4-18-12(7-10)2-5-17-6-3-12/h9-10H,1-7H2. The molecule has 2 aliphatic rings. The smallest absolute Gasteiger partial charge is 0.252 e. The Morgan fingerprint density at radius 1 is 1.39 bits per heavy atom. The predicted molar refractivity (Wildman–Crippen MR) is 61.7 cm³/mol. The molecule has 2 saturated heterocycles. The number of nitriles is 1. The minimum atomic E-state index is -0.0556. The molecule has 3 heterocycles. The van der Waals surface area contributed by atoms with Gasteiger partial charge in [0.25, 0.3) is 5.82 Å². The third kappa shape index (κ3) is 2.11. The minimum Gasteiger partial charge on any atom is -0.381 e. The molecule has 96 valence electrons. The molecular formula is C12H16N4O2. The van der Waals surface area contributed by atoms with E-state index in [0.717, 1.165) is 45.5 Å². The zero-order chi connectivity index (χ0) is 12.4. The number of aromatic nitrogens is 3. The van der Waals surface area contributed by atoms with Gasteiger partial charge in [0.15, 0.2) is 0 Å². The molecule has 6 heteroatoms. The van der Waals surface area contributed by atoms with Gasteiger partial charge in [-0.15, -0.1) is 5.10 Å². The van der Waals surface area contributed by atoms with Gasteiger partial charge in [0.2, 0.25) is 0 Å². The third-order valence-electron chi connectivity index (χ3n) is 3.85. The average molecular weight is 248 g/mol. The van der Waals surface area contributed by atoms with Gasteiger partial charge in [-0.2, -0.15) is 5.26 Å². The van der Waals surface area contributed by atoms with Gasteiger partial charge < -0.3 is 9.47 Å². The monoisotopic (exact) mass is 248 g/mol. The molecule has 18 heavy (non-hydrogen) atoms. The van der Waals surface area contributed by atoms with Crippen LogP contribution in [0, 0.1) is 11.3 Å². The minimum absolute atomic E-state index is 0.0556. The van der Waals surface area contributed by atoms with Gasteiger partial charge in [-0.3, -0.25) is 0 Å². The van der Waals surface area contributed by atoms with Crippen LogP contribution in [0.25, 0.3) is 0 Å². The molecule has 6 nitrogen and oxygen atoms in total. The Morgan fingerprint density at radius 2 is 2.22 bits per heavy atom. The molecule has 0 aromatic carbocycles. The van der Waals surface area contributed by atoms with Crippen molar-refractivity contribution >= 4 is 0 Å². The van der Waals surface area contributed by atoms with E-state index in [4.69, 9.17) is 14.7 Å². The molecule has 2 aliphatic heterocycles. The molecule has 0 saturated carbocycles. The number of nitrogens with zero attached hydrogens (tertiary/aromatic N) is 4. The fraction of sp³-hybridized carbons (Fsp3) is 0.750. The van der Waals surface area contributed by atoms with E-state index in [9.17, 15) is 0 Å². The summed E-state index contributed by atoms with van der Waals surface area (Å²) < 4.78 is 13.2. The van der Waals surface area contributed by atoms with Crippen LogP contribution < -0.4 is 0 Å². The van der Waals surface area contributed by atoms with Crippen LogP contribution in [0.2, 0.25) is 0 Å². The fourth-order valence-corrected chi connectivity index (χ4v) is 2.82. The summed E-state index contributed by atoms with van der Waals surface area (Å²) >= 11 is 0. The Morgan fingerprint density at radius 3 is 2.94 bits per heavy atom. The van der Waals surface area contributed by atoms with E-state index in [-0.39, 0.29) is 17.5 Å². The second-order valence-corrected chi connectivity index (χ2v) is 4.95. The highest BCUT2D eigenvalue weighted by Gasteiger charge is 2.39. The molecule has 0 radical (unpaired) electrons. The fourth-order valence-electron chi connectivity index (χ4n) is 2.82. The first-order chi connectivity index (χ1) is 8.81. The molecule has 0 amide bonds. The number of ether oxygens (including phenoxy) is 2. The maximum absolute atomic E-state index is 8.76. The van der Waals surface area contributed by atoms with Crippen LogP contribution in [0.1, 0.15) is 37.5 Å². The van der Waals surface area contributed by atoms with Crippen LogP contribution in [-0.4, -0.2) is 40.2 Å². The third-order valence-corrected chi connectivity index (χ3v) is 3.85. The number of hydrogen-bond donors (Lipinski definition) is 0. The maximum Gasteiger partial charge on any atom is 0.252 e. The lowest BCUT2D eigenvalue weighted by Crippen LogP contribution is -2.44. The van der Waals surface area contributed by atoms with Gasteiger partial charge >= 0.3 is 0 Å². The molecule has 1 unspecified atom stereocenters.